The number of amides is 1. The molecule has 0 heterocycles. The van der Waals surface area contributed by atoms with Crippen LogP contribution in [0.3, 0.4) is 0 Å². The largest absolute Gasteiger partial charge is 0.460 e. The zero-order chi connectivity index (χ0) is 10.4. The van der Waals surface area contributed by atoms with Crippen molar-refractivity contribution in [1.29, 1.82) is 5.41 Å². The molecule has 0 aromatic heterocycles. The summed E-state index contributed by atoms with van der Waals surface area (Å²) in [5, 5.41) is 6.53. The highest BCUT2D eigenvalue weighted by molar-refractivity contribution is 6.49. The van der Waals surface area contributed by atoms with Gasteiger partial charge in [0.25, 0.3) is 11.7 Å². The SMILES string of the molecule is CCOC(=O)C(=O)C(=C=N)C(N)=O. The monoisotopic (exact) mass is 184 g/mol. The number of nitrogens with two attached hydrogens (primary N) is 1. The third-order valence-electron chi connectivity index (χ3n) is 1.06. The van der Waals surface area contributed by atoms with E-state index in [1.165, 1.54) is 12.8 Å². The second kappa shape index (κ2) is 4.84. The molecule has 0 atom stereocenters. The van der Waals surface area contributed by atoms with Crippen LogP contribution in [0.4, 0.5) is 0 Å². The molecule has 0 aromatic rings. The van der Waals surface area contributed by atoms with Crippen LogP contribution in [-0.4, -0.2) is 30.1 Å². The highest BCUT2D eigenvalue weighted by Gasteiger charge is 2.24. The maximum absolute atomic E-state index is 10.9. The Morgan fingerprint density at radius 1 is 1.46 bits per heavy atom. The van der Waals surface area contributed by atoms with Crippen LogP contribution in [0.5, 0.6) is 0 Å². The minimum atomic E-state index is -1.25. The number of nitrogens with one attached hydrogen (secondary N) is 1. The quantitative estimate of drug-likeness (QED) is 0.142. The van der Waals surface area contributed by atoms with E-state index in [1.54, 1.807) is 0 Å². The van der Waals surface area contributed by atoms with Gasteiger partial charge >= 0.3 is 5.97 Å². The Morgan fingerprint density at radius 2 is 2.00 bits per heavy atom. The third kappa shape index (κ3) is 2.88. The minimum Gasteiger partial charge on any atom is -0.460 e. The highest BCUT2D eigenvalue weighted by Crippen LogP contribution is 1.92. The lowest BCUT2D eigenvalue weighted by molar-refractivity contribution is -0.152. The van der Waals surface area contributed by atoms with E-state index in [2.05, 4.69) is 4.74 Å². The summed E-state index contributed by atoms with van der Waals surface area (Å²) in [4.78, 5) is 32.1. The van der Waals surface area contributed by atoms with Gasteiger partial charge in [0, 0.05) is 0 Å². The van der Waals surface area contributed by atoms with Gasteiger partial charge < -0.3 is 10.5 Å². The van der Waals surface area contributed by atoms with Crippen LogP contribution in [0.25, 0.3) is 0 Å². The smallest absolute Gasteiger partial charge is 0.380 e. The molecule has 0 unspecified atom stereocenters. The summed E-state index contributed by atoms with van der Waals surface area (Å²) >= 11 is 0. The van der Waals surface area contributed by atoms with Gasteiger partial charge in [0.2, 0.25) is 0 Å². The van der Waals surface area contributed by atoms with Crippen LogP contribution in [0.15, 0.2) is 5.57 Å². The van der Waals surface area contributed by atoms with Gasteiger partial charge in [0.15, 0.2) is 5.57 Å². The lowest BCUT2D eigenvalue weighted by Gasteiger charge is -1.98. The van der Waals surface area contributed by atoms with Crippen LogP contribution < -0.4 is 5.73 Å². The standard InChI is InChI=1S/C7H8N2O4/c1-2-13-7(12)5(10)4(3-8)6(9)11/h8H,2H2,1H3,(H2,9,11). The van der Waals surface area contributed by atoms with Gasteiger partial charge in [-0.05, 0) is 12.8 Å². The topological polar surface area (TPSA) is 110 Å². The fraction of sp³-hybridized carbons (Fsp3) is 0.286. The normalized spacial score (nSPS) is 8.38. The molecule has 0 aliphatic carbocycles. The summed E-state index contributed by atoms with van der Waals surface area (Å²) in [5.74, 6) is -2.15. The zero-order valence-corrected chi connectivity index (χ0v) is 6.92. The first kappa shape index (κ1) is 11.1. The molecule has 1 amide bonds. The first-order valence-corrected chi connectivity index (χ1v) is 3.35. The van der Waals surface area contributed by atoms with Gasteiger partial charge in [-0.25, -0.2) is 4.79 Å². The fourth-order valence-corrected chi connectivity index (χ4v) is 0.529. The second-order valence-electron chi connectivity index (χ2n) is 1.91. The molecule has 6 nitrogen and oxygen atoms in total. The Morgan fingerprint density at radius 3 is 2.31 bits per heavy atom. The first-order chi connectivity index (χ1) is 6.04. The number of carbonyl (C=O) groups excluding carboxylic acids is 3. The Kier molecular flexibility index (Phi) is 4.12. The highest BCUT2D eigenvalue weighted by atomic mass is 16.5. The maximum Gasteiger partial charge on any atom is 0.380 e. The number of esters is 1. The van der Waals surface area contributed by atoms with Crippen molar-refractivity contribution in [2.24, 2.45) is 5.73 Å². The number of carbonyl (C=O) groups is 3. The summed E-state index contributed by atoms with van der Waals surface area (Å²) in [5.41, 5.74) is 3.89. The molecule has 0 rings (SSSR count). The van der Waals surface area contributed by atoms with E-state index in [0.29, 0.717) is 0 Å². The molecule has 6 heteroatoms. The van der Waals surface area contributed by atoms with Crippen molar-refractivity contribution in [2.75, 3.05) is 6.61 Å². The van der Waals surface area contributed by atoms with Gasteiger partial charge in [-0.2, -0.15) is 0 Å². The summed E-state index contributed by atoms with van der Waals surface area (Å²) in [6, 6.07) is 0. The number of primary amides is 1. The van der Waals surface area contributed by atoms with E-state index in [9.17, 15) is 14.4 Å². The molecule has 0 aromatic carbocycles. The van der Waals surface area contributed by atoms with Crippen molar-refractivity contribution in [3.63, 3.8) is 0 Å². The number of hydrogen-bond donors (Lipinski definition) is 2. The van der Waals surface area contributed by atoms with Crippen LogP contribution in [0.1, 0.15) is 6.92 Å². The molecule has 0 aliphatic rings. The number of hydrogen-bond acceptors (Lipinski definition) is 5. The van der Waals surface area contributed by atoms with E-state index in [-0.39, 0.29) is 6.61 Å². The van der Waals surface area contributed by atoms with Gasteiger partial charge in [-0.3, -0.25) is 15.0 Å². The van der Waals surface area contributed by atoms with Gasteiger partial charge in [0.1, 0.15) is 0 Å². The third-order valence-corrected chi connectivity index (χ3v) is 1.06. The Labute approximate surface area is 73.9 Å². The second-order valence-corrected chi connectivity index (χ2v) is 1.91. The fourth-order valence-electron chi connectivity index (χ4n) is 0.529. The van der Waals surface area contributed by atoms with Gasteiger partial charge in [-0.1, -0.05) is 0 Å². The number of ether oxygens (including phenoxy) is 1. The molecule has 0 saturated heterocycles. The lowest BCUT2D eigenvalue weighted by Crippen LogP contribution is -2.28. The van der Waals surface area contributed by atoms with Gasteiger partial charge in [-0.15, -0.1) is 0 Å². The predicted octanol–water partition coefficient (Wildman–Crippen LogP) is -1.22. The van der Waals surface area contributed by atoms with Crippen LogP contribution >= 0.6 is 0 Å². The van der Waals surface area contributed by atoms with Crippen molar-refractivity contribution in [3.05, 3.63) is 5.57 Å². The molecule has 0 spiro atoms. The number of ketones is 1. The van der Waals surface area contributed by atoms with Crippen molar-refractivity contribution >= 4 is 23.5 Å². The average Bonchev–Trinajstić information content (AvgIpc) is 2.05. The zero-order valence-electron chi connectivity index (χ0n) is 6.92. The van der Waals surface area contributed by atoms with Crippen LogP contribution in [0.2, 0.25) is 0 Å². The van der Waals surface area contributed by atoms with Crippen LogP contribution in [0, 0.1) is 5.41 Å². The van der Waals surface area contributed by atoms with Crippen LogP contribution in [-0.2, 0) is 19.1 Å². The molecule has 0 bridgehead atoms. The Bertz CT molecular complexity index is 302. The molecule has 0 fully saturated rings. The summed E-state index contributed by atoms with van der Waals surface area (Å²) in [7, 11) is 0. The maximum atomic E-state index is 10.9. The van der Waals surface area contributed by atoms with Crippen molar-refractivity contribution in [1.82, 2.24) is 0 Å². The molecule has 13 heavy (non-hydrogen) atoms. The Hall–Kier alpha value is -1.94. The molecule has 3 N–H and O–H groups in total. The summed E-state index contributed by atoms with van der Waals surface area (Å²) in [6.07, 6.45) is 0. The predicted molar refractivity (Wildman–Crippen MR) is 42.1 cm³/mol. The van der Waals surface area contributed by atoms with E-state index in [0.717, 1.165) is 0 Å². The molecule has 70 valence electrons. The van der Waals surface area contributed by atoms with E-state index < -0.39 is 23.2 Å². The van der Waals surface area contributed by atoms with Crippen molar-refractivity contribution in [2.45, 2.75) is 6.92 Å². The molecular formula is C7H8N2O4. The lowest BCUT2D eigenvalue weighted by atomic mass is 10.2. The van der Waals surface area contributed by atoms with E-state index in [1.807, 2.05) is 0 Å². The molecular weight excluding hydrogens is 176 g/mol. The molecule has 0 aliphatic heterocycles. The number of rotatable bonds is 4. The minimum absolute atomic E-state index is 0.00855. The van der Waals surface area contributed by atoms with E-state index >= 15 is 0 Å². The molecule has 0 radical (unpaired) electrons. The average molecular weight is 184 g/mol. The summed E-state index contributed by atoms with van der Waals surface area (Å²) < 4.78 is 4.30. The van der Waals surface area contributed by atoms with Crippen molar-refractivity contribution in [3.8, 4) is 0 Å². The first-order valence-electron chi connectivity index (χ1n) is 3.35. The Balaban J connectivity index is 4.69. The molecule has 0 saturated carbocycles. The number of Topliss-reactive ketones (excluding diaryl/α,β-unsaturated/α-hetero) is 1. The van der Waals surface area contributed by atoms with Gasteiger partial charge in [0.05, 0.1) is 6.61 Å². The van der Waals surface area contributed by atoms with E-state index in [4.69, 9.17) is 11.1 Å². The van der Waals surface area contributed by atoms with Crippen molar-refractivity contribution < 1.29 is 19.1 Å². The summed E-state index contributed by atoms with van der Waals surface area (Å²) in [6.45, 7) is 1.51.